The topological polar surface area (TPSA) is 84.2 Å². The molecule has 2 N–H and O–H groups in total. The van der Waals surface area contributed by atoms with Crippen LogP contribution in [-0.4, -0.2) is 32.8 Å². The summed E-state index contributed by atoms with van der Waals surface area (Å²) in [5, 5.41) is 15.2. The maximum Gasteiger partial charge on any atom is 0.325 e. The zero-order valence-corrected chi connectivity index (χ0v) is 10.3. The highest BCUT2D eigenvalue weighted by molar-refractivity contribution is 5.96. The number of nitrogens with one attached hydrogen (secondary N) is 1. The van der Waals surface area contributed by atoms with E-state index in [1.165, 1.54) is 13.1 Å². The number of amides is 1. The van der Waals surface area contributed by atoms with Crippen molar-refractivity contribution in [2.24, 2.45) is 0 Å². The van der Waals surface area contributed by atoms with Gasteiger partial charge in [0.05, 0.1) is 17.4 Å². The quantitative estimate of drug-likeness (QED) is 0.860. The third-order valence-electron chi connectivity index (χ3n) is 2.58. The Hall–Kier alpha value is -2.63. The summed E-state index contributed by atoms with van der Waals surface area (Å²) in [6.45, 7) is 1.40. The lowest BCUT2D eigenvalue weighted by atomic mass is 10.3. The molecule has 0 saturated heterocycles. The molecular weight excluding hydrogens is 246 g/mol. The van der Waals surface area contributed by atoms with Crippen LogP contribution in [0.4, 0.5) is 0 Å². The van der Waals surface area contributed by atoms with Crippen LogP contribution in [0.3, 0.4) is 0 Å². The average Bonchev–Trinajstić information content (AvgIpc) is 2.89. The van der Waals surface area contributed by atoms with E-state index in [0.29, 0.717) is 5.56 Å². The van der Waals surface area contributed by atoms with Gasteiger partial charge < -0.3 is 10.4 Å². The van der Waals surface area contributed by atoms with E-state index in [-0.39, 0.29) is 0 Å². The number of rotatable bonds is 4. The van der Waals surface area contributed by atoms with Crippen molar-refractivity contribution >= 4 is 11.9 Å². The monoisotopic (exact) mass is 259 g/mol. The Morgan fingerprint density at radius 2 is 2.00 bits per heavy atom. The molecule has 98 valence electrons. The number of aliphatic carboxylic acids is 1. The van der Waals surface area contributed by atoms with Gasteiger partial charge in [-0.2, -0.15) is 5.10 Å². The molecule has 0 bridgehead atoms. The molecule has 1 amide bonds. The van der Waals surface area contributed by atoms with Crippen molar-refractivity contribution < 1.29 is 14.7 Å². The number of carbonyl (C=O) groups is 2. The summed E-state index contributed by atoms with van der Waals surface area (Å²) >= 11 is 0. The summed E-state index contributed by atoms with van der Waals surface area (Å²) in [6.07, 6.45) is 2.95. The number of carboxylic acids is 1. The van der Waals surface area contributed by atoms with E-state index in [0.717, 1.165) is 5.69 Å². The molecule has 0 spiro atoms. The van der Waals surface area contributed by atoms with Crippen molar-refractivity contribution in [2.75, 3.05) is 0 Å². The molecular formula is C13H13N3O3. The molecule has 0 aliphatic rings. The number of hydrogen-bond donors (Lipinski definition) is 2. The Morgan fingerprint density at radius 1 is 1.32 bits per heavy atom. The van der Waals surface area contributed by atoms with Crippen LogP contribution >= 0.6 is 0 Å². The van der Waals surface area contributed by atoms with Crippen LogP contribution in [0.15, 0.2) is 42.7 Å². The van der Waals surface area contributed by atoms with E-state index < -0.39 is 17.9 Å². The van der Waals surface area contributed by atoms with Crippen LogP contribution in [0.25, 0.3) is 5.69 Å². The van der Waals surface area contributed by atoms with Gasteiger partial charge in [0.25, 0.3) is 5.91 Å². The van der Waals surface area contributed by atoms with Crippen molar-refractivity contribution in [3.05, 3.63) is 48.3 Å². The van der Waals surface area contributed by atoms with E-state index in [9.17, 15) is 9.59 Å². The molecule has 1 heterocycles. The largest absolute Gasteiger partial charge is 0.480 e. The highest BCUT2D eigenvalue weighted by atomic mass is 16.4. The third kappa shape index (κ3) is 2.98. The standard InChI is InChI=1S/C13H13N3O3/c1-9(13(18)19)15-12(17)10-7-14-16(8-10)11-5-3-2-4-6-11/h2-9H,1H3,(H,15,17)(H,18,19). The first-order valence-corrected chi connectivity index (χ1v) is 5.71. The highest BCUT2D eigenvalue weighted by Gasteiger charge is 2.16. The van der Waals surface area contributed by atoms with Gasteiger partial charge in [0, 0.05) is 6.20 Å². The maximum absolute atomic E-state index is 11.8. The summed E-state index contributed by atoms with van der Waals surface area (Å²) < 4.78 is 1.56. The Balaban J connectivity index is 2.13. The molecule has 19 heavy (non-hydrogen) atoms. The number of aromatic nitrogens is 2. The Bertz CT molecular complexity index is 592. The van der Waals surface area contributed by atoms with Crippen LogP contribution in [0.1, 0.15) is 17.3 Å². The molecule has 1 aromatic heterocycles. The number of para-hydroxylation sites is 1. The second kappa shape index (κ2) is 5.34. The van der Waals surface area contributed by atoms with Gasteiger partial charge in [-0.25, -0.2) is 4.68 Å². The van der Waals surface area contributed by atoms with Gasteiger partial charge in [0.15, 0.2) is 0 Å². The maximum atomic E-state index is 11.8. The molecule has 1 atom stereocenters. The molecule has 1 unspecified atom stereocenters. The second-order valence-corrected chi connectivity index (χ2v) is 4.04. The predicted octanol–water partition coefficient (Wildman–Crippen LogP) is 1.08. The van der Waals surface area contributed by atoms with Gasteiger partial charge in [-0.05, 0) is 19.1 Å². The van der Waals surface area contributed by atoms with Crippen LogP contribution in [0, 0.1) is 0 Å². The normalized spacial score (nSPS) is 11.8. The van der Waals surface area contributed by atoms with Crippen molar-refractivity contribution in [1.82, 2.24) is 15.1 Å². The Kier molecular flexibility index (Phi) is 3.61. The number of carboxylic acid groups (broad SMARTS) is 1. The number of nitrogens with zero attached hydrogens (tertiary/aromatic N) is 2. The summed E-state index contributed by atoms with van der Waals surface area (Å²) in [5.41, 5.74) is 1.14. The predicted molar refractivity (Wildman–Crippen MR) is 68.1 cm³/mol. The van der Waals surface area contributed by atoms with Crippen molar-refractivity contribution in [3.63, 3.8) is 0 Å². The lowest BCUT2D eigenvalue weighted by molar-refractivity contribution is -0.138. The van der Waals surface area contributed by atoms with Crippen molar-refractivity contribution in [3.8, 4) is 5.69 Å². The first-order chi connectivity index (χ1) is 9.08. The van der Waals surface area contributed by atoms with Crippen molar-refractivity contribution in [1.29, 1.82) is 0 Å². The number of benzene rings is 1. The van der Waals surface area contributed by atoms with Crippen LogP contribution in [-0.2, 0) is 4.79 Å². The fraction of sp³-hybridized carbons (Fsp3) is 0.154. The van der Waals surface area contributed by atoms with E-state index >= 15 is 0 Å². The van der Waals surface area contributed by atoms with Gasteiger partial charge >= 0.3 is 5.97 Å². The van der Waals surface area contributed by atoms with Gasteiger partial charge in [-0.1, -0.05) is 18.2 Å². The first-order valence-electron chi connectivity index (χ1n) is 5.71. The second-order valence-electron chi connectivity index (χ2n) is 4.04. The third-order valence-corrected chi connectivity index (χ3v) is 2.58. The van der Waals surface area contributed by atoms with Gasteiger partial charge in [0.2, 0.25) is 0 Å². The first kappa shape index (κ1) is 12.8. The molecule has 1 aromatic carbocycles. The average molecular weight is 259 g/mol. The van der Waals surface area contributed by atoms with Crippen molar-refractivity contribution in [2.45, 2.75) is 13.0 Å². The zero-order chi connectivity index (χ0) is 13.8. The van der Waals surface area contributed by atoms with E-state index in [1.54, 1.807) is 10.9 Å². The van der Waals surface area contributed by atoms with E-state index in [4.69, 9.17) is 5.11 Å². The number of hydrogen-bond acceptors (Lipinski definition) is 3. The Morgan fingerprint density at radius 3 is 2.63 bits per heavy atom. The lowest BCUT2D eigenvalue weighted by Crippen LogP contribution is -2.38. The summed E-state index contributed by atoms with van der Waals surface area (Å²) in [5.74, 6) is -1.54. The molecule has 0 radical (unpaired) electrons. The molecule has 2 aromatic rings. The van der Waals surface area contributed by atoms with Gasteiger partial charge in [-0.3, -0.25) is 9.59 Å². The highest BCUT2D eigenvalue weighted by Crippen LogP contribution is 2.07. The summed E-state index contributed by atoms with van der Waals surface area (Å²) in [7, 11) is 0. The molecule has 0 fully saturated rings. The Labute approximate surface area is 109 Å². The minimum absolute atomic E-state index is 0.317. The summed E-state index contributed by atoms with van der Waals surface area (Å²) in [4.78, 5) is 22.4. The zero-order valence-electron chi connectivity index (χ0n) is 10.3. The fourth-order valence-corrected chi connectivity index (χ4v) is 1.50. The molecule has 6 nitrogen and oxygen atoms in total. The number of carbonyl (C=O) groups excluding carboxylic acids is 1. The fourth-order valence-electron chi connectivity index (χ4n) is 1.50. The van der Waals surface area contributed by atoms with Gasteiger partial charge in [0.1, 0.15) is 6.04 Å². The van der Waals surface area contributed by atoms with E-state index in [2.05, 4.69) is 10.4 Å². The molecule has 0 aliphatic heterocycles. The molecule has 2 rings (SSSR count). The minimum atomic E-state index is -1.08. The molecule has 0 aliphatic carbocycles. The minimum Gasteiger partial charge on any atom is -0.480 e. The molecule has 6 heteroatoms. The smallest absolute Gasteiger partial charge is 0.325 e. The van der Waals surface area contributed by atoms with Crippen LogP contribution < -0.4 is 5.32 Å². The lowest BCUT2D eigenvalue weighted by Gasteiger charge is -2.07. The SMILES string of the molecule is CC(NC(=O)c1cnn(-c2ccccc2)c1)C(=O)O. The summed E-state index contributed by atoms with van der Waals surface area (Å²) in [6, 6.07) is 8.39. The molecule has 0 saturated carbocycles. The van der Waals surface area contributed by atoms with Crippen LogP contribution in [0.2, 0.25) is 0 Å². The van der Waals surface area contributed by atoms with E-state index in [1.807, 2.05) is 30.3 Å². The van der Waals surface area contributed by atoms with Crippen LogP contribution in [0.5, 0.6) is 0 Å². The van der Waals surface area contributed by atoms with Gasteiger partial charge in [-0.15, -0.1) is 0 Å².